The largest absolute Gasteiger partial charge is 0.355 e. The zero-order chi connectivity index (χ0) is 15.0. The van der Waals surface area contributed by atoms with Crippen molar-refractivity contribution in [1.82, 2.24) is 15.5 Å². The first kappa shape index (κ1) is 17.0. The minimum Gasteiger partial charge on any atom is -0.355 e. The Kier molecular flexibility index (Phi) is 7.59. The van der Waals surface area contributed by atoms with Crippen molar-refractivity contribution < 1.29 is 9.59 Å². The van der Waals surface area contributed by atoms with Crippen LogP contribution in [0.25, 0.3) is 0 Å². The topological polar surface area (TPSA) is 61.4 Å². The summed E-state index contributed by atoms with van der Waals surface area (Å²) in [7, 11) is 0. The molecule has 2 N–H and O–H groups in total. The van der Waals surface area contributed by atoms with Crippen molar-refractivity contribution in [2.75, 3.05) is 26.2 Å². The average molecular weight is 283 g/mol. The second-order valence-electron chi connectivity index (χ2n) is 5.78. The molecule has 0 saturated heterocycles. The van der Waals surface area contributed by atoms with E-state index in [9.17, 15) is 9.59 Å². The smallest absolute Gasteiger partial charge is 0.234 e. The molecule has 0 spiro atoms. The van der Waals surface area contributed by atoms with Gasteiger partial charge in [-0.25, -0.2) is 0 Å². The first-order valence-corrected chi connectivity index (χ1v) is 7.83. The zero-order valence-electron chi connectivity index (χ0n) is 13.1. The quantitative estimate of drug-likeness (QED) is 0.736. The molecule has 0 unspecified atom stereocenters. The second kappa shape index (κ2) is 8.95. The number of amides is 2. The van der Waals surface area contributed by atoms with E-state index in [2.05, 4.69) is 17.6 Å². The van der Waals surface area contributed by atoms with Crippen LogP contribution in [0.3, 0.4) is 0 Å². The minimum atomic E-state index is -0.0198. The highest BCUT2D eigenvalue weighted by Gasteiger charge is 2.20. The lowest BCUT2D eigenvalue weighted by atomic mass is 9.87. The summed E-state index contributed by atoms with van der Waals surface area (Å²) in [4.78, 5) is 25.4. The van der Waals surface area contributed by atoms with Crippen LogP contribution in [0.2, 0.25) is 0 Å². The summed E-state index contributed by atoms with van der Waals surface area (Å²) in [6.07, 6.45) is 4.55. The van der Waals surface area contributed by atoms with Crippen LogP contribution in [-0.4, -0.2) is 48.9 Å². The lowest BCUT2D eigenvalue weighted by Gasteiger charge is -2.28. The van der Waals surface area contributed by atoms with Crippen molar-refractivity contribution in [2.45, 2.75) is 52.5 Å². The Hall–Kier alpha value is -1.10. The standard InChI is InChI=1S/C15H29N3O2/c1-4-16-14(19)10-18(5-2)11-15(20)17-13-8-6-12(3)7-9-13/h12-13H,4-11H2,1-3H3,(H,16,19)(H,17,20). The van der Waals surface area contributed by atoms with E-state index in [-0.39, 0.29) is 11.8 Å². The number of likely N-dealkylation sites (N-methyl/N-ethyl adjacent to an activating group) is 2. The predicted octanol–water partition coefficient (Wildman–Crippen LogP) is 1.14. The molecule has 0 atom stereocenters. The Labute approximate surface area is 122 Å². The van der Waals surface area contributed by atoms with Crippen LogP contribution in [0, 0.1) is 5.92 Å². The molecule has 0 radical (unpaired) electrons. The predicted molar refractivity (Wildman–Crippen MR) is 80.4 cm³/mol. The highest BCUT2D eigenvalue weighted by molar-refractivity contribution is 5.81. The van der Waals surface area contributed by atoms with Crippen molar-refractivity contribution in [3.05, 3.63) is 0 Å². The van der Waals surface area contributed by atoms with Crippen molar-refractivity contribution >= 4 is 11.8 Å². The number of nitrogens with one attached hydrogen (secondary N) is 2. The fourth-order valence-corrected chi connectivity index (χ4v) is 2.62. The maximum atomic E-state index is 12.0. The summed E-state index contributed by atoms with van der Waals surface area (Å²) in [5.74, 6) is 0.803. The van der Waals surface area contributed by atoms with E-state index in [1.165, 1.54) is 12.8 Å². The summed E-state index contributed by atoms with van der Waals surface area (Å²) in [5.41, 5.74) is 0. The summed E-state index contributed by atoms with van der Waals surface area (Å²) in [6, 6.07) is 0.321. The maximum absolute atomic E-state index is 12.0. The molecule has 1 rings (SSSR count). The third-order valence-corrected chi connectivity index (χ3v) is 3.94. The first-order valence-electron chi connectivity index (χ1n) is 7.83. The van der Waals surface area contributed by atoms with E-state index in [0.717, 1.165) is 18.8 Å². The highest BCUT2D eigenvalue weighted by Crippen LogP contribution is 2.23. The molecule has 1 aliphatic carbocycles. The summed E-state index contributed by atoms with van der Waals surface area (Å²) >= 11 is 0. The third kappa shape index (κ3) is 6.37. The van der Waals surface area contributed by atoms with Gasteiger partial charge in [0.2, 0.25) is 11.8 Å². The van der Waals surface area contributed by atoms with Gasteiger partial charge in [0.1, 0.15) is 0 Å². The molecule has 1 saturated carbocycles. The van der Waals surface area contributed by atoms with Crippen LogP contribution < -0.4 is 10.6 Å². The van der Waals surface area contributed by atoms with Gasteiger partial charge < -0.3 is 10.6 Å². The molecular weight excluding hydrogens is 254 g/mol. The Bertz CT molecular complexity index is 312. The lowest BCUT2D eigenvalue weighted by molar-refractivity contribution is -0.125. The summed E-state index contributed by atoms with van der Waals surface area (Å²) in [6.45, 7) is 8.05. The second-order valence-corrected chi connectivity index (χ2v) is 5.78. The van der Waals surface area contributed by atoms with Crippen LogP contribution in [0.4, 0.5) is 0 Å². The Morgan fingerprint density at radius 2 is 1.65 bits per heavy atom. The van der Waals surface area contributed by atoms with E-state index < -0.39 is 0 Å². The molecule has 0 aromatic carbocycles. The lowest BCUT2D eigenvalue weighted by Crippen LogP contribution is -2.46. The van der Waals surface area contributed by atoms with Crippen molar-refractivity contribution in [1.29, 1.82) is 0 Å². The molecule has 5 heteroatoms. The normalized spacial score (nSPS) is 22.6. The number of hydrogen-bond acceptors (Lipinski definition) is 3. The van der Waals surface area contributed by atoms with Gasteiger partial charge in [0.15, 0.2) is 0 Å². The average Bonchev–Trinajstić information content (AvgIpc) is 2.41. The molecule has 2 amide bonds. The van der Waals surface area contributed by atoms with Gasteiger partial charge in [-0.15, -0.1) is 0 Å². The molecule has 0 heterocycles. The van der Waals surface area contributed by atoms with Crippen molar-refractivity contribution in [2.24, 2.45) is 5.92 Å². The van der Waals surface area contributed by atoms with Gasteiger partial charge in [-0.05, 0) is 45.1 Å². The van der Waals surface area contributed by atoms with Gasteiger partial charge in [-0.1, -0.05) is 13.8 Å². The van der Waals surface area contributed by atoms with Crippen LogP contribution in [0.15, 0.2) is 0 Å². The molecule has 0 aromatic rings. The molecule has 0 bridgehead atoms. The van der Waals surface area contributed by atoms with E-state index in [1.807, 2.05) is 18.7 Å². The molecule has 1 fully saturated rings. The van der Waals surface area contributed by atoms with Gasteiger partial charge in [-0.3, -0.25) is 14.5 Å². The molecule has 0 aliphatic heterocycles. The first-order chi connectivity index (χ1) is 9.55. The van der Waals surface area contributed by atoms with Gasteiger partial charge in [0.05, 0.1) is 13.1 Å². The fraction of sp³-hybridized carbons (Fsp3) is 0.867. The van der Waals surface area contributed by atoms with Crippen molar-refractivity contribution in [3.8, 4) is 0 Å². The Balaban J connectivity index is 2.30. The van der Waals surface area contributed by atoms with Crippen molar-refractivity contribution in [3.63, 3.8) is 0 Å². The van der Waals surface area contributed by atoms with Crippen LogP contribution in [0.5, 0.6) is 0 Å². The minimum absolute atomic E-state index is 0.0198. The Morgan fingerprint density at radius 1 is 1.05 bits per heavy atom. The van der Waals surface area contributed by atoms with Crippen LogP contribution in [-0.2, 0) is 9.59 Å². The fourth-order valence-electron chi connectivity index (χ4n) is 2.62. The molecule has 1 aliphatic rings. The SMILES string of the molecule is CCNC(=O)CN(CC)CC(=O)NC1CCC(C)CC1. The van der Waals surface area contributed by atoms with Gasteiger partial charge >= 0.3 is 0 Å². The van der Waals surface area contributed by atoms with Gasteiger partial charge in [0, 0.05) is 12.6 Å². The van der Waals surface area contributed by atoms with Gasteiger partial charge in [-0.2, -0.15) is 0 Å². The third-order valence-electron chi connectivity index (χ3n) is 3.94. The number of rotatable bonds is 7. The molecule has 116 valence electrons. The van der Waals surface area contributed by atoms with Crippen LogP contribution >= 0.6 is 0 Å². The molecule has 20 heavy (non-hydrogen) atoms. The maximum Gasteiger partial charge on any atom is 0.234 e. The molecule has 5 nitrogen and oxygen atoms in total. The number of carbonyl (C=O) groups is 2. The van der Waals surface area contributed by atoms with Crippen LogP contribution in [0.1, 0.15) is 46.5 Å². The molecule has 0 aromatic heterocycles. The molecular formula is C15H29N3O2. The summed E-state index contributed by atoms with van der Waals surface area (Å²) < 4.78 is 0. The highest BCUT2D eigenvalue weighted by atomic mass is 16.2. The van der Waals surface area contributed by atoms with E-state index in [1.54, 1.807) is 0 Å². The number of carbonyl (C=O) groups excluding carboxylic acids is 2. The number of nitrogens with zero attached hydrogens (tertiary/aromatic N) is 1. The van der Waals surface area contributed by atoms with E-state index >= 15 is 0 Å². The zero-order valence-corrected chi connectivity index (χ0v) is 13.1. The number of hydrogen-bond donors (Lipinski definition) is 2. The van der Waals surface area contributed by atoms with Gasteiger partial charge in [0.25, 0.3) is 0 Å². The monoisotopic (exact) mass is 283 g/mol. The summed E-state index contributed by atoms with van der Waals surface area (Å²) in [5, 5.41) is 5.85. The van der Waals surface area contributed by atoms with E-state index in [4.69, 9.17) is 0 Å². The Morgan fingerprint density at radius 3 is 2.20 bits per heavy atom. The van der Waals surface area contributed by atoms with E-state index in [0.29, 0.717) is 32.2 Å².